The van der Waals surface area contributed by atoms with Gasteiger partial charge in [0.05, 0.1) is 5.69 Å². The Morgan fingerprint density at radius 1 is 0.950 bits per heavy atom. The van der Waals surface area contributed by atoms with Crippen LogP contribution in [0.3, 0.4) is 0 Å². The molecule has 4 fully saturated rings. The SMILES string of the molecule is NNC(=Nc1ccccc1)C1C2CC3CC(C2)CC1C3. The molecule has 0 saturated heterocycles. The van der Waals surface area contributed by atoms with Gasteiger partial charge in [0.1, 0.15) is 5.84 Å². The van der Waals surface area contributed by atoms with E-state index in [4.69, 9.17) is 10.8 Å². The van der Waals surface area contributed by atoms with Gasteiger partial charge in [-0.15, -0.1) is 0 Å². The van der Waals surface area contributed by atoms with E-state index in [1.54, 1.807) is 0 Å². The van der Waals surface area contributed by atoms with Crippen LogP contribution >= 0.6 is 0 Å². The number of nitrogens with two attached hydrogens (primary N) is 1. The average Bonchev–Trinajstić information content (AvgIpc) is 2.46. The van der Waals surface area contributed by atoms with E-state index in [9.17, 15) is 0 Å². The molecule has 20 heavy (non-hydrogen) atoms. The normalized spacial score (nSPS) is 39.0. The molecule has 0 spiro atoms. The molecule has 1 aromatic rings. The first kappa shape index (κ1) is 12.4. The molecule has 3 N–H and O–H groups in total. The fraction of sp³-hybridized carbons (Fsp3) is 0.588. The van der Waals surface area contributed by atoms with E-state index in [2.05, 4.69) is 5.43 Å². The molecule has 5 rings (SSSR count). The average molecular weight is 269 g/mol. The van der Waals surface area contributed by atoms with Crippen LogP contribution in [0.2, 0.25) is 0 Å². The van der Waals surface area contributed by atoms with Crippen molar-refractivity contribution in [2.24, 2.45) is 40.4 Å². The zero-order valence-electron chi connectivity index (χ0n) is 11.8. The first-order valence-corrected chi connectivity index (χ1v) is 7.93. The molecule has 3 heteroatoms. The number of hydrazine groups is 1. The van der Waals surface area contributed by atoms with Crippen LogP contribution in [0.4, 0.5) is 5.69 Å². The second kappa shape index (κ2) is 4.88. The van der Waals surface area contributed by atoms with Gasteiger partial charge in [-0.2, -0.15) is 0 Å². The Balaban J connectivity index is 1.63. The lowest BCUT2D eigenvalue weighted by molar-refractivity contribution is -0.00941. The van der Waals surface area contributed by atoms with Crippen molar-refractivity contribution in [2.45, 2.75) is 32.1 Å². The Kier molecular flexibility index (Phi) is 3.03. The van der Waals surface area contributed by atoms with E-state index < -0.39 is 0 Å². The monoisotopic (exact) mass is 269 g/mol. The number of aliphatic imine (C=N–C) groups is 1. The zero-order chi connectivity index (χ0) is 13.5. The number of amidine groups is 1. The molecule has 0 aliphatic heterocycles. The number of benzene rings is 1. The summed E-state index contributed by atoms with van der Waals surface area (Å²) in [6.07, 6.45) is 7.07. The van der Waals surface area contributed by atoms with Crippen molar-refractivity contribution < 1.29 is 0 Å². The summed E-state index contributed by atoms with van der Waals surface area (Å²) in [6, 6.07) is 10.2. The number of rotatable bonds is 2. The molecule has 4 bridgehead atoms. The molecule has 0 heterocycles. The van der Waals surface area contributed by atoms with E-state index in [1.165, 1.54) is 32.1 Å². The number of para-hydroxylation sites is 1. The van der Waals surface area contributed by atoms with Gasteiger partial charge in [-0.05, 0) is 67.9 Å². The summed E-state index contributed by atoms with van der Waals surface area (Å²) in [4.78, 5) is 4.80. The van der Waals surface area contributed by atoms with E-state index >= 15 is 0 Å². The van der Waals surface area contributed by atoms with Crippen LogP contribution in [0.15, 0.2) is 35.3 Å². The maximum absolute atomic E-state index is 5.82. The largest absolute Gasteiger partial charge is 0.312 e. The van der Waals surface area contributed by atoms with Gasteiger partial charge in [0.15, 0.2) is 0 Å². The second-order valence-corrected chi connectivity index (χ2v) is 6.93. The highest BCUT2D eigenvalue weighted by atomic mass is 15.3. The van der Waals surface area contributed by atoms with Gasteiger partial charge in [-0.1, -0.05) is 18.2 Å². The van der Waals surface area contributed by atoms with Gasteiger partial charge in [0, 0.05) is 5.92 Å². The lowest BCUT2D eigenvalue weighted by Crippen LogP contribution is -2.52. The molecular formula is C17H23N3. The Labute approximate surface area is 120 Å². The third-order valence-corrected chi connectivity index (χ3v) is 5.70. The molecule has 0 unspecified atom stereocenters. The third-order valence-electron chi connectivity index (χ3n) is 5.70. The van der Waals surface area contributed by atoms with E-state index in [0.717, 1.165) is 35.2 Å². The Bertz CT molecular complexity index is 480. The first-order chi connectivity index (χ1) is 9.83. The van der Waals surface area contributed by atoms with E-state index in [-0.39, 0.29) is 0 Å². The summed E-state index contributed by atoms with van der Waals surface area (Å²) in [5.41, 5.74) is 3.94. The van der Waals surface area contributed by atoms with Gasteiger partial charge in [-0.25, -0.2) is 10.8 Å². The van der Waals surface area contributed by atoms with Crippen LogP contribution < -0.4 is 11.3 Å². The highest BCUT2D eigenvalue weighted by molar-refractivity contribution is 5.87. The summed E-state index contributed by atoms with van der Waals surface area (Å²) >= 11 is 0. The van der Waals surface area contributed by atoms with Crippen molar-refractivity contribution in [3.05, 3.63) is 30.3 Å². The van der Waals surface area contributed by atoms with Crippen LogP contribution in [0.1, 0.15) is 32.1 Å². The highest BCUT2D eigenvalue weighted by Gasteiger charge is 2.49. The van der Waals surface area contributed by atoms with Crippen LogP contribution in [-0.4, -0.2) is 5.84 Å². The molecule has 0 aromatic heterocycles. The molecule has 0 amide bonds. The Morgan fingerprint density at radius 3 is 2.10 bits per heavy atom. The van der Waals surface area contributed by atoms with Gasteiger partial charge in [-0.3, -0.25) is 0 Å². The minimum absolute atomic E-state index is 0.563. The molecule has 106 valence electrons. The van der Waals surface area contributed by atoms with Crippen LogP contribution in [0, 0.1) is 29.6 Å². The molecule has 0 radical (unpaired) electrons. The van der Waals surface area contributed by atoms with Crippen LogP contribution in [-0.2, 0) is 0 Å². The van der Waals surface area contributed by atoms with Crippen molar-refractivity contribution in [1.29, 1.82) is 0 Å². The van der Waals surface area contributed by atoms with Gasteiger partial charge in [0.25, 0.3) is 0 Å². The number of hydrogen-bond donors (Lipinski definition) is 2. The summed E-state index contributed by atoms with van der Waals surface area (Å²) in [5.74, 6) is 11.0. The quantitative estimate of drug-likeness (QED) is 0.375. The summed E-state index contributed by atoms with van der Waals surface area (Å²) in [6.45, 7) is 0. The maximum atomic E-state index is 5.82. The molecule has 0 atom stereocenters. The molecule has 4 aliphatic carbocycles. The van der Waals surface area contributed by atoms with E-state index in [1.807, 2.05) is 30.3 Å². The van der Waals surface area contributed by atoms with Crippen molar-refractivity contribution >= 4 is 11.5 Å². The lowest BCUT2D eigenvalue weighted by atomic mass is 9.51. The minimum atomic E-state index is 0.563. The van der Waals surface area contributed by atoms with Crippen LogP contribution in [0.25, 0.3) is 0 Å². The number of nitrogens with zero attached hydrogens (tertiary/aromatic N) is 1. The highest BCUT2D eigenvalue weighted by Crippen LogP contribution is 2.56. The van der Waals surface area contributed by atoms with Crippen molar-refractivity contribution in [2.75, 3.05) is 0 Å². The number of nitrogens with one attached hydrogen (secondary N) is 1. The molecular weight excluding hydrogens is 246 g/mol. The second-order valence-electron chi connectivity index (χ2n) is 6.93. The maximum Gasteiger partial charge on any atom is 0.120 e. The zero-order valence-corrected chi connectivity index (χ0v) is 11.8. The minimum Gasteiger partial charge on any atom is -0.312 e. The van der Waals surface area contributed by atoms with Gasteiger partial charge < -0.3 is 5.43 Å². The molecule has 4 aliphatic rings. The predicted octanol–water partition coefficient (Wildman–Crippen LogP) is 3.25. The number of hydrogen-bond acceptors (Lipinski definition) is 2. The van der Waals surface area contributed by atoms with Crippen molar-refractivity contribution in [3.63, 3.8) is 0 Å². The topological polar surface area (TPSA) is 50.4 Å². The fourth-order valence-corrected chi connectivity index (χ4v) is 5.22. The van der Waals surface area contributed by atoms with Gasteiger partial charge >= 0.3 is 0 Å². The smallest absolute Gasteiger partial charge is 0.120 e. The lowest BCUT2D eigenvalue weighted by Gasteiger charge is -2.54. The summed E-state index contributed by atoms with van der Waals surface area (Å²) in [5, 5.41) is 0. The molecule has 4 saturated carbocycles. The van der Waals surface area contributed by atoms with Gasteiger partial charge in [0.2, 0.25) is 0 Å². The standard InChI is InChI=1S/C17H23N3/c18-20-17(19-15-4-2-1-3-5-15)16-13-7-11-6-12(9-13)10-14(16)8-11/h1-5,11-14,16H,6-10,18H2,(H,19,20). The van der Waals surface area contributed by atoms with E-state index in [0.29, 0.717) is 5.92 Å². The van der Waals surface area contributed by atoms with Crippen LogP contribution in [0.5, 0.6) is 0 Å². The first-order valence-electron chi connectivity index (χ1n) is 7.93. The fourth-order valence-electron chi connectivity index (χ4n) is 5.22. The summed E-state index contributed by atoms with van der Waals surface area (Å²) < 4.78 is 0. The van der Waals surface area contributed by atoms with Crippen molar-refractivity contribution in [1.82, 2.24) is 5.43 Å². The Hall–Kier alpha value is -1.35. The molecule has 1 aromatic carbocycles. The predicted molar refractivity (Wildman–Crippen MR) is 81.4 cm³/mol. The molecule has 3 nitrogen and oxygen atoms in total. The van der Waals surface area contributed by atoms with Crippen molar-refractivity contribution in [3.8, 4) is 0 Å². The summed E-state index contributed by atoms with van der Waals surface area (Å²) in [7, 11) is 0. The Morgan fingerprint density at radius 2 is 1.55 bits per heavy atom. The third kappa shape index (κ3) is 2.05.